The molecule has 0 aromatic heterocycles. The highest BCUT2D eigenvalue weighted by Gasteiger charge is 2.14. The second-order valence-corrected chi connectivity index (χ2v) is 16.9. The molecule has 0 spiro atoms. The first-order valence-electron chi connectivity index (χ1n) is 24.2. The van der Waals surface area contributed by atoms with Crippen molar-refractivity contribution in [3.63, 3.8) is 0 Å². The van der Waals surface area contributed by atoms with E-state index in [2.05, 4.69) is 33.8 Å². The maximum Gasteiger partial charge on any atom is 0.305 e. The van der Waals surface area contributed by atoms with Gasteiger partial charge >= 0.3 is 5.97 Å². The topological polar surface area (TPSA) is 59.3 Å². The quantitative estimate of drug-likeness (QED) is 0.0460. The molecule has 0 aromatic carbocycles. The van der Waals surface area contributed by atoms with Gasteiger partial charge in [0.2, 0.25) is 0 Å². The Morgan fingerprint density at radius 3 is 1.32 bits per heavy atom. The molecule has 0 saturated heterocycles. The summed E-state index contributed by atoms with van der Waals surface area (Å²) in [5.74, 6) is 0.780. The van der Waals surface area contributed by atoms with E-state index in [-0.39, 0.29) is 5.97 Å². The van der Waals surface area contributed by atoms with Gasteiger partial charge in [0.15, 0.2) is 0 Å². The monoisotopic (exact) mass is 746 g/mol. The molecule has 0 N–H and O–H groups in total. The Morgan fingerprint density at radius 1 is 0.472 bits per heavy atom. The van der Waals surface area contributed by atoms with Crippen LogP contribution < -0.4 is 0 Å². The van der Waals surface area contributed by atoms with Crippen LogP contribution in [0.5, 0.6) is 0 Å². The van der Waals surface area contributed by atoms with Gasteiger partial charge in [-0.3, -0.25) is 4.79 Å². The number of ether oxygens (including phenoxy) is 2. The molecule has 0 rings (SSSR count). The average Bonchev–Trinajstić information content (AvgIpc) is 3.15. The number of esters is 1. The van der Waals surface area contributed by atoms with Crippen LogP contribution in [0, 0.1) is 17.2 Å². The van der Waals surface area contributed by atoms with Gasteiger partial charge in [-0.15, -0.1) is 0 Å². The van der Waals surface area contributed by atoms with Crippen molar-refractivity contribution in [2.75, 3.05) is 6.61 Å². The minimum absolute atomic E-state index is 0.00146. The molecule has 314 valence electrons. The van der Waals surface area contributed by atoms with Crippen molar-refractivity contribution in [1.29, 1.82) is 5.26 Å². The second kappa shape index (κ2) is 43.6. The zero-order chi connectivity index (χ0) is 38.7. The Morgan fingerprint density at radius 2 is 0.849 bits per heavy atom. The van der Waals surface area contributed by atoms with Gasteiger partial charge < -0.3 is 9.47 Å². The van der Waals surface area contributed by atoms with E-state index in [0.29, 0.717) is 31.7 Å². The first-order chi connectivity index (χ1) is 26.1. The molecule has 0 radical (unpaired) electrons. The van der Waals surface area contributed by atoms with Crippen LogP contribution >= 0.6 is 0 Å². The number of nitrogens with zero attached hydrogens (tertiary/aromatic N) is 1. The highest BCUT2D eigenvalue weighted by Crippen LogP contribution is 2.25. The lowest BCUT2D eigenvalue weighted by Gasteiger charge is -2.23. The largest absolute Gasteiger partial charge is 0.466 e. The van der Waals surface area contributed by atoms with E-state index >= 15 is 0 Å². The third kappa shape index (κ3) is 40.4. The van der Waals surface area contributed by atoms with Gasteiger partial charge in [-0.2, -0.15) is 5.26 Å². The van der Waals surface area contributed by atoms with Crippen molar-refractivity contribution in [1.82, 2.24) is 0 Å². The molecular formula is C49H95NO3. The standard InChI is InChI=1S/C49H95NO3/c1-5-8-11-14-19-27-36-45-52-49(51)43-33-26-20-23-30-39-47(40-34-35-44-50)38-29-22-18-17-21-28-37-46(4)53-48(41-31-24-15-12-9-6-2)42-32-25-16-13-10-7-3/h46-48H,5-43,45H2,1-4H3. The van der Waals surface area contributed by atoms with Crippen LogP contribution in [-0.4, -0.2) is 24.8 Å². The van der Waals surface area contributed by atoms with Crippen LogP contribution in [0.15, 0.2) is 0 Å². The van der Waals surface area contributed by atoms with Gasteiger partial charge in [0, 0.05) is 12.8 Å². The Bertz CT molecular complexity index is 747. The van der Waals surface area contributed by atoms with Gasteiger partial charge in [0.1, 0.15) is 0 Å². The van der Waals surface area contributed by atoms with Crippen LogP contribution in [-0.2, 0) is 14.3 Å². The predicted octanol–water partition coefficient (Wildman–Crippen LogP) is 16.7. The van der Waals surface area contributed by atoms with Gasteiger partial charge in [-0.1, -0.05) is 213 Å². The van der Waals surface area contributed by atoms with Crippen molar-refractivity contribution >= 4 is 5.97 Å². The molecule has 0 aromatic rings. The molecule has 0 aliphatic heterocycles. The van der Waals surface area contributed by atoms with Crippen LogP contribution in [0.3, 0.4) is 0 Å². The Kier molecular flexibility index (Phi) is 42.8. The Labute approximate surface area is 333 Å². The van der Waals surface area contributed by atoms with E-state index in [4.69, 9.17) is 14.7 Å². The third-order valence-corrected chi connectivity index (χ3v) is 11.6. The fraction of sp³-hybridized carbons (Fsp3) is 0.959. The minimum Gasteiger partial charge on any atom is -0.466 e. The lowest BCUT2D eigenvalue weighted by atomic mass is 9.90. The number of hydrogen-bond donors (Lipinski definition) is 0. The van der Waals surface area contributed by atoms with E-state index in [1.54, 1.807) is 0 Å². The lowest BCUT2D eigenvalue weighted by molar-refractivity contribution is -0.143. The number of unbranched alkanes of at least 4 members (excludes halogenated alkanes) is 26. The van der Waals surface area contributed by atoms with E-state index < -0.39 is 0 Å². The molecule has 53 heavy (non-hydrogen) atoms. The molecule has 0 fully saturated rings. The zero-order valence-electron chi connectivity index (χ0n) is 36.7. The molecule has 0 heterocycles. The van der Waals surface area contributed by atoms with Crippen molar-refractivity contribution in [2.24, 2.45) is 5.92 Å². The second-order valence-electron chi connectivity index (χ2n) is 16.9. The zero-order valence-corrected chi connectivity index (χ0v) is 36.7. The summed E-state index contributed by atoms with van der Waals surface area (Å²) in [5, 5.41) is 9.06. The molecule has 4 nitrogen and oxygen atoms in total. The minimum atomic E-state index is -0.00146. The molecule has 4 heteroatoms. The van der Waals surface area contributed by atoms with Gasteiger partial charge in [0.05, 0.1) is 24.9 Å². The summed E-state index contributed by atoms with van der Waals surface area (Å²) in [6.07, 6.45) is 50.0. The number of rotatable bonds is 44. The smallest absolute Gasteiger partial charge is 0.305 e. The summed E-state index contributed by atoms with van der Waals surface area (Å²) in [6, 6.07) is 2.35. The third-order valence-electron chi connectivity index (χ3n) is 11.6. The lowest BCUT2D eigenvalue weighted by Crippen LogP contribution is -2.20. The predicted molar refractivity (Wildman–Crippen MR) is 231 cm³/mol. The van der Waals surface area contributed by atoms with Crippen molar-refractivity contribution in [3.8, 4) is 6.07 Å². The number of carbonyl (C=O) groups excluding carboxylic acids is 1. The number of carbonyl (C=O) groups is 1. The van der Waals surface area contributed by atoms with Crippen molar-refractivity contribution < 1.29 is 14.3 Å². The highest BCUT2D eigenvalue weighted by molar-refractivity contribution is 5.69. The molecule has 0 aliphatic rings. The van der Waals surface area contributed by atoms with Crippen molar-refractivity contribution in [3.05, 3.63) is 0 Å². The summed E-state index contributed by atoms with van der Waals surface area (Å²) >= 11 is 0. The Hall–Kier alpha value is -1.08. The van der Waals surface area contributed by atoms with Crippen LogP contribution in [0.2, 0.25) is 0 Å². The van der Waals surface area contributed by atoms with Gasteiger partial charge in [-0.25, -0.2) is 0 Å². The summed E-state index contributed by atoms with van der Waals surface area (Å²) in [6.45, 7) is 9.79. The summed E-state index contributed by atoms with van der Waals surface area (Å²) in [7, 11) is 0. The van der Waals surface area contributed by atoms with E-state index in [1.165, 1.54) is 212 Å². The maximum absolute atomic E-state index is 12.0. The SMILES string of the molecule is CCCCCCCCCOC(=O)CCCCCCCC(CCCC#N)CCCCCCCCC(C)OC(CCCCCCCC)CCCCCCCC. The normalized spacial score (nSPS) is 12.7. The molecule has 0 amide bonds. The average molecular weight is 746 g/mol. The molecular weight excluding hydrogens is 651 g/mol. The highest BCUT2D eigenvalue weighted by atomic mass is 16.5. The number of hydrogen-bond acceptors (Lipinski definition) is 4. The van der Waals surface area contributed by atoms with E-state index in [1.807, 2.05) is 0 Å². The molecule has 2 atom stereocenters. The van der Waals surface area contributed by atoms with Gasteiger partial charge in [-0.05, 0) is 57.8 Å². The van der Waals surface area contributed by atoms with Crippen LogP contribution in [0.25, 0.3) is 0 Å². The first kappa shape index (κ1) is 51.9. The summed E-state index contributed by atoms with van der Waals surface area (Å²) < 4.78 is 12.1. The van der Waals surface area contributed by atoms with Crippen LogP contribution in [0.4, 0.5) is 0 Å². The fourth-order valence-corrected chi connectivity index (χ4v) is 8.01. The van der Waals surface area contributed by atoms with Crippen LogP contribution in [0.1, 0.15) is 278 Å². The first-order valence-corrected chi connectivity index (χ1v) is 24.2. The van der Waals surface area contributed by atoms with Crippen molar-refractivity contribution in [2.45, 2.75) is 290 Å². The summed E-state index contributed by atoms with van der Waals surface area (Å²) in [5.41, 5.74) is 0. The maximum atomic E-state index is 12.0. The molecule has 2 unspecified atom stereocenters. The van der Waals surface area contributed by atoms with E-state index in [0.717, 1.165) is 31.6 Å². The molecule has 0 bridgehead atoms. The van der Waals surface area contributed by atoms with E-state index in [9.17, 15) is 4.79 Å². The number of nitriles is 1. The van der Waals surface area contributed by atoms with Gasteiger partial charge in [0.25, 0.3) is 0 Å². The summed E-state index contributed by atoms with van der Waals surface area (Å²) in [4.78, 5) is 12.0. The molecule has 0 saturated carbocycles. The Balaban J connectivity index is 4.06. The fourth-order valence-electron chi connectivity index (χ4n) is 8.01. The molecule has 0 aliphatic carbocycles.